The number of anilines is 3. The Kier molecular flexibility index (Phi) is 5.16. The van der Waals surface area contributed by atoms with Crippen LogP contribution in [0.4, 0.5) is 22.0 Å². The molecule has 160 valence electrons. The number of halogens is 1. The summed E-state index contributed by atoms with van der Waals surface area (Å²) in [6.07, 6.45) is 0. The zero-order chi connectivity index (χ0) is 23.0. The molecule has 10 heteroatoms. The number of aromatic nitrogens is 4. The molecule has 1 atom stereocenters. The highest BCUT2D eigenvalue weighted by Crippen LogP contribution is 2.26. The lowest BCUT2D eigenvalue weighted by molar-refractivity contribution is 0.631. The topological polar surface area (TPSA) is 149 Å². The third kappa shape index (κ3) is 3.45. The third-order valence-corrected chi connectivity index (χ3v) is 5.03. The van der Waals surface area contributed by atoms with E-state index in [-0.39, 0.29) is 39.9 Å². The molecule has 32 heavy (non-hydrogen) atoms. The zero-order valence-electron chi connectivity index (χ0n) is 17.3. The van der Waals surface area contributed by atoms with Gasteiger partial charge in [-0.3, -0.25) is 9.36 Å². The number of nitrogens with two attached hydrogens (primary N) is 2. The van der Waals surface area contributed by atoms with Crippen LogP contribution in [0.5, 0.6) is 0 Å². The molecule has 0 aliphatic heterocycles. The third-order valence-electron chi connectivity index (χ3n) is 5.03. The maximum Gasteiger partial charge on any atom is 0.266 e. The van der Waals surface area contributed by atoms with Gasteiger partial charge in [0.05, 0.1) is 17.1 Å². The lowest BCUT2D eigenvalue weighted by Crippen LogP contribution is -2.28. The number of benzene rings is 2. The van der Waals surface area contributed by atoms with Crippen LogP contribution in [0.3, 0.4) is 0 Å². The minimum atomic E-state index is -0.687. The first-order valence-electron chi connectivity index (χ1n) is 9.68. The van der Waals surface area contributed by atoms with Gasteiger partial charge in [0.1, 0.15) is 34.6 Å². The number of nitriles is 1. The Morgan fingerprint density at radius 2 is 1.84 bits per heavy atom. The van der Waals surface area contributed by atoms with Crippen molar-refractivity contribution in [2.45, 2.75) is 19.9 Å². The minimum absolute atomic E-state index is 0.00229. The van der Waals surface area contributed by atoms with Crippen molar-refractivity contribution < 1.29 is 4.39 Å². The fourth-order valence-electron chi connectivity index (χ4n) is 3.52. The number of nitrogens with one attached hydrogen (secondary N) is 1. The summed E-state index contributed by atoms with van der Waals surface area (Å²) in [5.74, 6) is -0.501. The zero-order valence-corrected chi connectivity index (χ0v) is 17.3. The second kappa shape index (κ2) is 7.96. The van der Waals surface area contributed by atoms with E-state index in [0.29, 0.717) is 11.3 Å². The molecule has 0 aliphatic rings. The van der Waals surface area contributed by atoms with Gasteiger partial charge >= 0.3 is 0 Å². The second-order valence-electron chi connectivity index (χ2n) is 7.20. The highest BCUT2D eigenvalue weighted by Gasteiger charge is 2.22. The summed E-state index contributed by atoms with van der Waals surface area (Å²) in [6.45, 7) is 3.43. The maximum atomic E-state index is 14.6. The van der Waals surface area contributed by atoms with Gasteiger partial charge in [0.25, 0.3) is 5.56 Å². The molecule has 2 aromatic heterocycles. The highest BCUT2D eigenvalue weighted by atomic mass is 19.1. The first-order chi connectivity index (χ1) is 15.3. The highest BCUT2D eigenvalue weighted by molar-refractivity contribution is 5.82. The Hall–Kier alpha value is -4.52. The van der Waals surface area contributed by atoms with Gasteiger partial charge in [0.15, 0.2) is 5.82 Å². The fourth-order valence-corrected chi connectivity index (χ4v) is 3.52. The molecule has 0 bridgehead atoms. The maximum absolute atomic E-state index is 14.6. The quantitative estimate of drug-likeness (QED) is 0.447. The van der Waals surface area contributed by atoms with E-state index in [1.807, 2.05) is 12.1 Å². The predicted octanol–water partition coefficient (Wildman–Crippen LogP) is 2.83. The number of hydrogen-bond donors (Lipinski definition) is 3. The van der Waals surface area contributed by atoms with E-state index < -0.39 is 17.4 Å². The minimum Gasteiger partial charge on any atom is -0.382 e. The summed E-state index contributed by atoms with van der Waals surface area (Å²) in [4.78, 5) is 25.9. The van der Waals surface area contributed by atoms with Crippen molar-refractivity contribution in [2.24, 2.45) is 0 Å². The van der Waals surface area contributed by atoms with Gasteiger partial charge in [0.2, 0.25) is 5.95 Å². The van der Waals surface area contributed by atoms with Gasteiger partial charge in [-0.15, -0.1) is 0 Å². The molecule has 1 unspecified atom stereocenters. The number of aryl methyl sites for hydroxylation is 1. The van der Waals surface area contributed by atoms with Gasteiger partial charge in [-0.1, -0.05) is 24.3 Å². The Balaban J connectivity index is 1.97. The van der Waals surface area contributed by atoms with Crippen molar-refractivity contribution in [1.29, 1.82) is 5.26 Å². The molecule has 0 radical (unpaired) electrons. The average Bonchev–Trinajstić information content (AvgIpc) is 2.76. The molecule has 0 saturated heterocycles. The van der Waals surface area contributed by atoms with E-state index in [0.717, 1.165) is 0 Å². The van der Waals surface area contributed by atoms with Crippen LogP contribution in [-0.2, 0) is 0 Å². The molecule has 0 fully saturated rings. The molecule has 9 nitrogen and oxygen atoms in total. The van der Waals surface area contributed by atoms with Crippen LogP contribution < -0.4 is 22.3 Å². The van der Waals surface area contributed by atoms with E-state index in [2.05, 4.69) is 20.3 Å². The van der Waals surface area contributed by atoms with Crippen LogP contribution in [0.15, 0.2) is 47.3 Å². The van der Waals surface area contributed by atoms with Gasteiger partial charge in [-0.2, -0.15) is 15.2 Å². The van der Waals surface area contributed by atoms with Crippen LogP contribution in [0, 0.1) is 24.1 Å². The fraction of sp³-hybridized carbons (Fsp3) is 0.136. The van der Waals surface area contributed by atoms with Crippen molar-refractivity contribution in [3.63, 3.8) is 0 Å². The van der Waals surface area contributed by atoms with E-state index in [4.69, 9.17) is 11.5 Å². The standard InChI is InChI=1S/C22H19FN8O/c1-11-8-9-15(23)17-16(11)21(32)31(13-6-4-3-5-7-13)20(28-17)12(2)27-19-14(10-24)18(25)29-22(26)30-19/h3-9,12H,1-2H3,(H5,25,26,27,29,30). The smallest absolute Gasteiger partial charge is 0.266 e. The second-order valence-corrected chi connectivity index (χ2v) is 7.20. The number of hydrogen-bond acceptors (Lipinski definition) is 8. The van der Waals surface area contributed by atoms with E-state index >= 15 is 0 Å². The van der Waals surface area contributed by atoms with Gasteiger partial charge in [0, 0.05) is 0 Å². The van der Waals surface area contributed by atoms with Crippen molar-refractivity contribution in [3.05, 3.63) is 75.6 Å². The predicted molar refractivity (Wildman–Crippen MR) is 120 cm³/mol. The Morgan fingerprint density at radius 3 is 2.53 bits per heavy atom. The molecule has 0 aliphatic carbocycles. The molecule has 0 amide bonds. The molecule has 0 saturated carbocycles. The SMILES string of the molecule is Cc1ccc(F)c2nc(C(C)Nc3nc(N)nc(N)c3C#N)n(-c3ccccc3)c(=O)c12. The monoisotopic (exact) mass is 430 g/mol. The van der Waals surface area contributed by atoms with E-state index in [9.17, 15) is 14.4 Å². The van der Waals surface area contributed by atoms with Crippen molar-refractivity contribution in [3.8, 4) is 11.8 Å². The lowest BCUT2D eigenvalue weighted by atomic mass is 10.1. The van der Waals surface area contributed by atoms with Crippen LogP contribution in [0.2, 0.25) is 0 Å². The molecular weight excluding hydrogens is 411 g/mol. The molecule has 2 heterocycles. The summed E-state index contributed by atoms with van der Waals surface area (Å²) in [7, 11) is 0. The summed E-state index contributed by atoms with van der Waals surface area (Å²) in [5, 5.41) is 12.7. The normalized spacial score (nSPS) is 11.8. The number of rotatable bonds is 4. The van der Waals surface area contributed by atoms with Crippen molar-refractivity contribution in [2.75, 3.05) is 16.8 Å². The molecular formula is C22H19FN8O. The largest absolute Gasteiger partial charge is 0.382 e. The summed E-state index contributed by atoms with van der Waals surface area (Å²) in [6, 6.07) is 13.0. The molecule has 5 N–H and O–H groups in total. The van der Waals surface area contributed by atoms with E-state index in [1.165, 1.54) is 10.6 Å². The Bertz CT molecular complexity index is 1440. The van der Waals surface area contributed by atoms with Crippen LogP contribution in [0.1, 0.15) is 29.9 Å². The summed E-state index contributed by atoms with van der Waals surface area (Å²) < 4.78 is 16.1. The number of nitrogen functional groups attached to an aromatic ring is 2. The van der Waals surface area contributed by atoms with Crippen LogP contribution in [-0.4, -0.2) is 19.5 Å². The van der Waals surface area contributed by atoms with Crippen molar-refractivity contribution >= 4 is 28.5 Å². The van der Waals surface area contributed by atoms with Gasteiger partial charge in [-0.05, 0) is 37.6 Å². The molecule has 4 aromatic rings. The number of nitrogens with zero attached hydrogens (tertiary/aromatic N) is 5. The van der Waals surface area contributed by atoms with E-state index in [1.54, 1.807) is 44.2 Å². The Morgan fingerprint density at radius 1 is 1.12 bits per heavy atom. The number of para-hydroxylation sites is 1. The molecule has 4 rings (SSSR count). The molecule has 0 spiro atoms. The van der Waals surface area contributed by atoms with Crippen LogP contribution >= 0.6 is 0 Å². The summed E-state index contributed by atoms with van der Waals surface area (Å²) >= 11 is 0. The van der Waals surface area contributed by atoms with Crippen LogP contribution in [0.25, 0.3) is 16.6 Å². The van der Waals surface area contributed by atoms with Crippen molar-refractivity contribution in [1.82, 2.24) is 19.5 Å². The first kappa shape index (κ1) is 20.7. The number of fused-ring (bicyclic) bond motifs is 1. The van der Waals surface area contributed by atoms with Gasteiger partial charge in [-0.25, -0.2) is 9.37 Å². The summed E-state index contributed by atoms with van der Waals surface area (Å²) in [5.41, 5.74) is 12.2. The first-order valence-corrected chi connectivity index (χ1v) is 9.68. The van der Waals surface area contributed by atoms with Gasteiger partial charge < -0.3 is 16.8 Å². The average molecular weight is 430 g/mol. The molecule has 2 aromatic carbocycles. The lowest BCUT2D eigenvalue weighted by Gasteiger charge is -2.21. The Labute approximate surface area is 182 Å².